The summed E-state index contributed by atoms with van der Waals surface area (Å²) in [4.78, 5) is 31.6. The highest BCUT2D eigenvalue weighted by Gasteiger charge is 2.32. The molecule has 138 valence electrons. The maximum Gasteiger partial charge on any atom is 0.251 e. The van der Waals surface area contributed by atoms with E-state index in [1.807, 2.05) is 29.2 Å². The van der Waals surface area contributed by atoms with Gasteiger partial charge in [0.05, 0.1) is 22.8 Å². The number of fused-ring (bicyclic) bond motifs is 1. The largest absolute Gasteiger partial charge is 0.343 e. The minimum atomic E-state index is -0.250. The van der Waals surface area contributed by atoms with Crippen LogP contribution in [0.1, 0.15) is 34.2 Å². The fourth-order valence-corrected chi connectivity index (χ4v) is 4.86. The van der Waals surface area contributed by atoms with Crippen molar-refractivity contribution in [2.24, 2.45) is 0 Å². The van der Waals surface area contributed by atoms with E-state index in [1.54, 1.807) is 29.5 Å². The Balaban J connectivity index is 1.44. The molecule has 4 rings (SSSR count). The van der Waals surface area contributed by atoms with Crippen LogP contribution < -0.4 is 5.32 Å². The van der Waals surface area contributed by atoms with Gasteiger partial charge in [-0.1, -0.05) is 34.1 Å². The van der Waals surface area contributed by atoms with Crippen molar-refractivity contribution in [3.05, 3.63) is 63.6 Å². The lowest BCUT2D eigenvalue weighted by atomic mass is 10.2. The van der Waals surface area contributed by atoms with Gasteiger partial charge in [-0.3, -0.25) is 9.59 Å². The molecule has 1 fully saturated rings. The molecule has 0 aliphatic carbocycles. The van der Waals surface area contributed by atoms with Crippen LogP contribution in [-0.4, -0.2) is 34.8 Å². The second kappa shape index (κ2) is 7.78. The molecule has 3 aromatic rings. The first-order chi connectivity index (χ1) is 13.1. The van der Waals surface area contributed by atoms with E-state index in [0.717, 1.165) is 32.5 Å². The minimum Gasteiger partial charge on any atom is -0.343 e. The van der Waals surface area contributed by atoms with Crippen molar-refractivity contribution in [3.63, 3.8) is 0 Å². The van der Waals surface area contributed by atoms with Crippen LogP contribution in [0.4, 0.5) is 0 Å². The number of aromatic nitrogens is 1. The van der Waals surface area contributed by atoms with Crippen molar-refractivity contribution in [3.8, 4) is 0 Å². The third-order valence-corrected chi connectivity index (χ3v) is 6.29. The number of thiazole rings is 1. The Morgan fingerprint density at radius 1 is 1.22 bits per heavy atom. The van der Waals surface area contributed by atoms with E-state index >= 15 is 0 Å². The third kappa shape index (κ3) is 3.89. The quantitative estimate of drug-likeness (QED) is 0.658. The average Bonchev–Trinajstić information content (AvgIpc) is 3.32. The van der Waals surface area contributed by atoms with Gasteiger partial charge in [0.25, 0.3) is 5.91 Å². The molecule has 1 aromatic heterocycles. The number of hydrogen-bond acceptors (Lipinski definition) is 4. The topological polar surface area (TPSA) is 62.3 Å². The van der Waals surface area contributed by atoms with Crippen molar-refractivity contribution in [2.75, 3.05) is 13.1 Å². The van der Waals surface area contributed by atoms with Crippen molar-refractivity contribution >= 4 is 49.3 Å². The fraction of sp³-hybridized carbons (Fsp3) is 0.250. The summed E-state index contributed by atoms with van der Waals surface area (Å²) in [6.07, 6.45) is 1.86. The molecule has 7 heteroatoms. The predicted octanol–water partition coefficient (Wildman–Crippen LogP) is 4.15. The van der Waals surface area contributed by atoms with Gasteiger partial charge in [0.15, 0.2) is 0 Å². The highest BCUT2D eigenvalue weighted by atomic mass is 79.9. The standard InChI is InChI=1S/C20H18BrN3O2S/c21-14-6-3-5-13(11-14)19(26)22-12-18(25)24-10-4-8-16(24)20-23-15-7-1-2-9-17(15)27-20/h1-3,5-7,9,11,16H,4,8,10,12H2,(H,22,26). The molecule has 1 saturated heterocycles. The Bertz CT molecular complexity index is 971. The van der Waals surface area contributed by atoms with Crippen molar-refractivity contribution in [1.82, 2.24) is 15.2 Å². The summed E-state index contributed by atoms with van der Waals surface area (Å²) in [5.74, 6) is -0.319. The first kappa shape index (κ1) is 18.1. The summed E-state index contributed by atoms with van der Waals surface area (Å²) in [7, 11) is 0. The van der Waals surface area contributed by atoms with Gasteiger partial charge < -0.3 is 10.2 Å². The van der Waals surface area contributed by atoms with Gasteiger partial charge >= 0.3 is 0 Å². The molecule has 1 unspecified atom stereocenters. The number of nitrogens with one attached hydrogen (secondary N) is 1. The van der Waals surface area contributed by atoms with Crippen molar-refractivity contribution in [1.29, 1.82) is 0 Å². The summed E-state index contributed by atoms with van der Waals surface area (Å²) in [5, 5.41) is 3.71. The zero-order chi connectivity index (χ0) is 18.8. The number of nitrogens with zero attached hydrogens (tertiary/aromatic N) is 2. The maximum absolute atomic E-state index is 12.7. The number of halogens is 1. The monoisotopic (exact) mass is 443 g/mol. The van der Waals surface area contributed by atoms with Gasteiger partial charge in [-0.15, -0.1) is 11.3 Å². The SMILES string of the molecule is O=C(NCC(=O)N1CCCC1c1nc2ccccc2s1)c1cccc(Br)c1. The molecule has 2 aromatic carbocycles. The van der Waals surface area contributed by atoms with Gasteiger partial charge in [-0.05, 0) is 43.2 Å². The molecule has 27 heavy (non-hydrogen) atoms. The van der Waals surface area contributed by atoms with Gasteiger partial charge in [-0.25, -0.2) is 4.98 Å². The molecule has 0 bridgehead atoms. The molecule has 0 spiro atoms. The molecule has 1 aliphatic heterocycles. The van der Waals surface area contributed by atoms with Crippen molar-refractivity contribution in [2.45, 2.75) is 18.9 Å². The highest BCUT2D eigenvalue weighted by Crippen LogP contribution is 2.36. The Hall–Kier alpha value is -2.25. The normalized spacial score (nSPS) is 16.6. The molecule has 0 saturated carbocycles. The lowest BCUT2D eigenvalue weighted by Gasteiger charge is -2.23. The van der Waals surface area contributed by atoms with E-state index in [1.165, 1.54) is 0 Å². The van der Waals surface area contributed by atoms with E-state index < -0.39 is 0 Å². The lowest BCUT2D eigenvalue weighted by Crippen LogP contribution is -2.39. The first-order valence-corrected chi connectivity index (χ1v) is 10.4. The average molecular weight is 444 g/mol. The second-order valence-electron chi connectivity index (χ2n) is 6.46. The fourth-order valence-electron chi connectivity index (χ4n) is 3.34. The van der Waals surface area contributed by atoms with Crippen molar-refractivity contribution < 1.29 is 9.59 Å². The minimum absolute atomic E-state index is 0.00216. The summed E-state index contributed by atoms with van der Waals surface area (Å²) >= 11 is 4.99. The number of carbonyl (C=O) groups is 2. The van der Waals surface area contributed by atoms with E-state index in [2.05, 4.69) is 27.3 Å². The molecule has 5 nitrogen and oxygen atoms in total. The van der Waals surface area contributed by atoms with Crippen LogP contribution in [0.25, 0.3) is 10.2 Å². The number of hydrogen-bond donors (Lipinski definition) is 1. The van der Waals surface area contributed by atoms with Gasteiger partial charge in [0.1, 0.15) is 5.01 Å². The Labute approximate surface area is 169 Å². The lowest BCUT2D eigenvalue weighted by molar-refractivity contribution is -0.131. The van der Waals surface area contributed by atoms with Crippen LogP contribution in [0.15, 0.2) is 53.0 Å². The Morgan fingerprint density at radius 3 is 2.89 bits per heavy atom. The number of benzene rings is 2. The summed E-state index contributed by atoms with van der Waals surface area (Å²) < 4.78 is 1.96. The molecular weight excluding hydrogens is 426 g/mol. The Morgan fingerprint density at radius 2 is 2.07 bits per heavy atom. The summed E-state index contributed by atoms with van der Waals surface area (Å²) in [6, 6.07) is 15.1. The van der Waals surface area contributed by atoms with Gasteiger partial charge in [-0.2, -0.15) is 0 Å². The Kier molecular flexibility index (Phi) is 5.22. The number of rotatable bonds is 4. The van der Waals surface area contributed by atoms with E-state index in [-0.39, 0.29) is 24.4 Å². The number of para-hydroxylation sites is 1. The molecule has 1 atom stereocenters. The third-order valence-electron chi connectivity index (χ3n) is 4.66. The zero-order valence-corrected chi connectivity index (χ0v) is 16.9. The molecule has 1 N–H and O–H groups in total. The molecule has 2 amide bonds. The van der Waals surface area contributed by atoms with Crippen LogP contribution in [0, 0.1) is 0 Å². The number of amides is 2. The predicted molar refractivity (Wildman–Crippen MR) is 110 cm³/mol. The number of likely N-dealkylation sites (tertiary alicyclic amines) is 1. The first-order valence-electron chi connectivity index (χ1n) is 8.80. The van der Waals surface area contributed by atoms with Crippen LogP contribution in [0.2, 0.25) is 0 Å². The summed E-state index contributed by atoms with van der Waals surface area (Å²) in [5.41, 5.74) is 1.50. The molecule has 1 aliphatic rings. The van der Waals surface area contributed by atoms with Crippen LogP contribution >= 0.6 is 27.3 Å². The molecule has 0 radical (unpaired) electrons. The van der Waals surface area contributed by atoms with Gasteiger partial charge in [0.2, 0.25) is 5.91 Å². The second-order valence-corrected chi connectivity index (χ2v) is 8.44. The van der Waals surface area contributed by atoms with E-state index in [9.17, 15) is 9.59 Å². The van der Waals surface area contributed by atoms with E-state index in [4.69, 9.17) is 4.98 Å². The van der Waals surface area contributed by atoms with Crippen LogP contribution in [-0.2, 0) is 4.79 Å². The number of carbonyl (C=O) groups excluding carboxylic acids is 2. The maximum atomic E-state index is 12.7. The van der Waals surface area contributed by atoms with Gasteiger partial charge in [0, 0.05) is 16.6 Å². The molecular formula is C20H18BrN3O2S. The zero-order valence-electron chi connectivity index (χ0n) is 14.5. The molecule has 2 heterocycles. The van der Waals surface area contributed by atoms with E-state index in [0.29, 0.717) is 12.1 Å². The highest BCUT2D eigenvalue weighted by molar-refractivity contribution is 9.10. The smallest absolute Gasteiger partial charge is 0.251 e. The van der Waals surface area contributed by atoms with Crippen LogP contribution in [0.5, 0.6) is 0 Å². The van der Waals surface area contributed by atoms with Crippen LogP contribution in [0.3, 0.4) is 0 Å². The summed E-state index contributed by atoms with van der Waals surface area (Å²) in [6.45, 7) is 0.693.